The lowest BCUT2D eigenvalue weighted by molar-refractivity contribution is 0.596. The number of fused-ring (bicyclic) bond motifs is 2. The van der Waals surface area contributed by atoms with E-state index in [1.54, 1.807) is 0 Å². The molecule has 3 aromatic carbocycles. The second-order valence-corrected chi connectivity index (χ2v) is 8.29. The molecule has 26 heavy (non-hydrogen) atoms. The molecule has 1 aromatic heterocycles. The van der Waals surface area contributed by atoms with Gasteiger partial charge in [-0.15, -0.1) is 0 Å². The van der Waals surface area contributed by atoms with Crippen molar-refractivity contribution in [3.8, 4) is 11.3 Å². The van der Waals surface area contributed by atoms with Crippen LogP contribution in [0.2, 0.25) is 0 Å². The lowest BCUT2D eigenvalue weighted by atomic mass is 9.82. The molecule has 1 heterocycles. The summed E-state index contributed by atoms with van der Waals surface area (Å²) in [4.78, 5) is 5.00. The van der Waals surface area contributed by atoms with Crippen molar-refractivity contribution in [1.29, 1.82) is 0 Å². The third-order valence-electron chi connectivity index (χ3n) is 5.20. The Labute approximate surface area is 155 Å². The molecule has 1 heteroatoms. The number of hydrogen-bond acceptors (Lipinski definition) is 1. The molecule has 0 aliphatic carbocycles. The first kappa shape index (κ1) is 16.8. The smallest absolute Gasteiger partial charge is 0.0714 e. The average Bonchev–Trinajstić information content (AvgIpc) is 2.59. The van der Waals surface area contributed by atoms with E-state index >= 15 is 0 Å². The van der Waals surface area contributed by atoms with Crippen molar-refractivity contribution < 1.29 is 0 Å². The number of benzene rings is 3. The number of hydrogen-bond donors (Lipinski definition) is 0. The van der Waals surface area contributed by atoms with Crippen molar-refractivity contribution >= 4 is 21.7 Å². The van der Waals surface area contributed by atoms with Crippen LogP contribution in [0.15, 0.2) is 60.7 Å². The highest BCUT2D eigenvalue weighted by molar-refractivity contribution is 5.93. The fraction of sp³-hybridized carbons (Fsp3) is 0.240. The highest BCUT2D eigenvalue weighted by Gasteiger charge is 2.19. The number of pyridine rings is 1. The Morgan fingerprint density at radius 3 is 2.31 bits per heavy atom. The van der Waals surface area contributed by atoms with Crippen LogP contribution in [0.5, 0.6) is 0 Å². The zero-order chi connectivity index (χ0) is 18.5. The minimum Gasteiger partial charge on any atom is -0.248 e. The summed E-state index contributed by atoms with van der Waals surface area (Å²) in [6.07, 6.45) is 0. The molecule has 0 fully saturated rings. The standard InChI is InChI=1S/C25H25N/c1-16-9-8-12-22-24(16)17(2)13-23(26-22)19-14-18-10-6-7-11-20(18)21(15-19)25(3,4)5/h6-15H,1-5H3. The van der Waals surface area contributed by atoms with Gasteiger partial charge in [0.05, 0.1) is 11.2 Å². The SMILES string of the molecule is Cc1cccc2nc(-c3cc(C(C)(C)C)c4ccccc4c3)cc(C)c12. The first-order valence-corrected chi connectivity index (χ1v) is 9.25. The van der Waals surface area contributed by atoms with Gasteiger partial charge in [-0.2, -0.15) is 0 Å². The second-order valence-electron chi connectivity index (χ2n) is 8.29. The summed E-state index contributed by atoms with van der Waals surface area (Å²) in [5.74, 6) is 0. The van der Waals surface area contributed by atoms with Gasteiger partial charge in [0.15, 0.2) is 0 Å². The van der Waals surface area contributed by atoms with Crippen molar-refractivity contribution in [3.63, 3.8) is 0 Å². The van der Waals surface area contributed by atoms with E-state index in [2.05, 4.69) is 95.3 Å². The van der Waals surface area contributed by atoms with Gasteiger partial charge in [-0.25, -0.2) is 4.98 Å². The average molecular weight is 339 g/mol. The quantitative estimate of drug-likeness (QED) is 0.365. The summed E-state index contributed by atoms with van der Waals surface area (Å²) in [7, 11) is 0. The van der Waals surface area contributed by atoms with Gasteiger partial charge in [-0.3, -0.25) is 0 Å². The molecule has 0 unspecified atom stereocenters. The Balaban J connectivity index is 2.02. The highest BCUT2D eigenvalue weighted by atomic mass is 14.7. The molecule has 4 aromatic rings. The monoisotopic (exact) mass is 339 g/mol. The molecule has 0 saturated carbocycles. The minimum atomic E-state index is 0.0814. The molecule has 0 atom stereocenters. The largest absolute Gasteiger partial charge is 0.248 e. The van der Waals surface area contributed by atoms with E-state index in [4.69, 9.17) is 4.98 Å². The second kappa shape index (κ2) is 5.95. The molecule has 0 amide bonds. The van der Waals surface area contributed by atoms with E-state index in [0.29, 0.717) is 0 Å². The molecular formula is C25H25N. The molecule has 0 saturated heterocycles. The summed E-state index contributed by atoms with van der Waals surface area (Å²) in [6, 6.07) is 21.9. The van der Waals surface area contributed by atoms with E-state index in [1.165, 1.54) is 38.4 Å². The van der Waals surface area contributed by atoms with Gasteiger partial charge >= 0.3 is 0 Å². The van der Waals surface area contributed by atoms with Crippen molar-refractivity contribution in [2.45, 2.75) is 40.0 Å². The van der Waals surface area contributed by atoms with Crippen LogP contribution in [-0.2, 0) is 5.41 Å². The van der Waals surface area contributed by atoms with Gasteiger partial charge < -0.3 is 0 Å². The Bertz CT molecular complexity index is 1130. The predicted molar refractivity (Wildman–Crippen MR) is 113 cm³/mol. The number of rotatable bonds is 1. The van der Waals surface area contributed by atoms with Gasteiger partial charge in [0, 0.05) is 10.9 Å². The third kappa shape index (κ3) is 2.78. The third-order valence-corrected chi connectivity index (χ3v) is 5.20. The molecule has 0 N–H and O–H groups in total. The van der Waals surface area contributed by atoms with Gasteiger partial charge in [-0.05, 0) is 71.0 Å². The zero-order valence-electron chi connectivity index (χ0n) is 16.2. The van der Waals surface area contributed by atoms with Gasteiger partial charge in [0.2, 0.25) is 0 Å². The molecule has 130 valence electrons. The lowest BCUT2D eigenvalue weighted by Crippen LogP contribution is -2.12. The molecule has 0 aliphatic heterocycles. The van der Waals surface area contributed by atoms with Gasteiger partial charge in [0.1, 0.15) is 0 Å². The molecule has 4 rings (SSSR count). The summed E-state index contributed by atoms with van der Waals surface area (Å²) in [5, 5.41) is 3.88. The fourth-order valence-electron chi connectivity index (χ4n) is 3.92. The summed E-state index contributed by atoms with van der Waals surface area (Å²) in [5.41, 5.74) is 7.34. The van der Waals surface area contributed by atoms with Crippen molar-refractivity contribution in [1.82, 2.24) is 4.98 Å². The Kier molecular flexibility index (Phi) is 3.84. The van der Waals surface area contributed by atoms with Crippen LogP contribution in [0, 0.1) is 13.8 Å². The van der Waals surface area contributed by atoms with Gasteiger partial charge in [-0.1, -0.05) is 57.2 Å². The normalized spacial score (nSPS) is 12.0. The van der Waals surface area contributed by atoms with Crippen LogP contribution in [-0.4, -0.2) is 4.98 Å². The molecule has 1 nitrogen and oxygen atoms in total. The number of aryl methyl sites for hydroxylation is 2. The molecular weight excluding hydrogens is 314 g/mol. The summed E-state index contributed by atoms with van der Waals surface area (Å²) >= 11 is 0. The van der Waals surface area contributed by atoms with Crippen molar-refractivity contribution in [2.24, 2.45) is 0 Å². The minimum absolute atomic E-state index is 0.0814. The summed E-state index contributed by atoms with van der Waals surface area (Å²) in [6.45, 7) is 11.2. The van der Waals surface area contributed by atoms with Crippen LogP contribution in [0.3, 0.4) is 0 Å². The van der Waals surface area contributed by atoms with E-state index in [0.717, 1.165) is 11.2 Å². The maximum atomic E-state index is 5.00. The first-order chi connectivity index (χ1) is 12.3. The molecule has 0 aliphatic rings. The maximum absolute atomic E-state index is 5.00. The van der Waals surface area contributed by atoms with Gasteiger partial charge in [0.25, 0.3) is 0 Å². The maximum Gasteiger partial charge on any atom is 0.0714 e. The van der Waals surface area contributed by atoms with E-state index in [-0.39, 0.29) is 5.41 Å². The zero-order valence-corrected chi connectivity index (χ0v) is 16.2. The lowest BCUT2D eigenvalue weighted by Gasteiger charge is -2.23. The molecule has 0 spiro atoms. The Morgan fingerprint density at radius 1 is 0.769 bits per heavy atom. The van der Waals surface area contributed by atoms with Crippen LogP contribution < -0.4 is 0 Å². The fourth-order valence-corrected chi connectivity index (χ4v) is 3.92. The summed E-state index contributed by atoms with van der Waals surface area (Å²) < 4.78 is 0. The number of aromatic nitrogens is 1. The number of nitrogens with zero attached hydrogens (tertiary/aromatic N) is 1. The van der Waals surface area contributed by atoms with Crippen molar-refractivity contribution in [3.05, 3.63) is 77.4 Å². The first-order valence-electron chi connectivity index (χ1n) is 9.25. The van der Waals surface area contributed by atoms with Crippen LogP contribution in [0.1, 0.15) is 37.5 Å². The van der Waals surface area contributed by atoms with Crippen LogP contribution in [0.4, 0.5) is 0 Å². The molecule has 0 bridgehead atoms. The Hall–Kier alpha value is -2.67. The van der Waals surface area contributed by atoms with Crippen LogP contribution >= 0.6 is 0 Å². The van der Waals surface area contributed by atoms with E-state index in [9.17, 15) is 0 Å². The van der Waals surface area contributed by atoms with E-state index in [1.807, 2.05) is 0 Å². The van der Waals surface area contributed by atoms with Crippen molar-refractivity contribution in [2.75, 3.05) is 0 Å². The highest BCUT2D eigenvalue weighted by Crippen LogP contribution is 2.35. The van der Waals surface area contributed by atoms with Crippen LogP contribution in [0.25, 0.3) is 32.9 Å². The van der Waals surface area contributed by atoms with E-state index < -0.39 is 0 Å². The molecule has 0 radical (unpaired) electrons. The topological polar surface area (TPSA) is 12.9 Å². The predicted octanol–water partition coefficient (Wildman–Crippen LogP) is 6.97. The Morgan fingerprint density at radius 2 is 1.54 bits per heavy atom.